The van der Waals surface area contributed by atoms with E-state index >= 15 is 0 Å². The fourth-order valence-corrected chi connectivity index (χ4v) is 3.22. The first-order chi connectivity index (χ1) is 13.1. The molecule has 0 radical (unpaired) electrons. The van der Waals surface area contributed by atoms with Crippen LogP contribution in [0.5, 0.6) is 5.75 Å². The number of nitrogens with one attached hydrogen (secondary N) is 1. The monoisotopic (exact) mass is 398 g/mol. The van der Waals surface area contributed by atoms with Crippen molar-refractivity contribution in [3.63, 3.8) is 0 Å². The van der Waals surface area contributed by atoms with Gasteiger partial charge in [0.05, 0.1) is 10.7 Å². The van der Waals surface area contributed by atoms with E-state index in [-0.39, 0.29) is 5.91 Å². The highest BCUT2D eigenvalue weighted by molar-refractivity contribution is 7.09. The maximum absolute atomic E-state index is 12.0. The van der Waals surface area contributed by atoms with Crippen molar-refractivity contribution in [1.82, 2.24) is 10.3 Å². The van der Waals surface area contributed by atoms with E-state index in [9.17, 15) is 4.79 Å². The van der Waals surface area contributed by atoms with Gasteiger partial charge in [-0.25, -0.2) is 4.98 Å². The van der Waals surface area contributed by atoms with Gasteiger partial charge in [-0.1, -0.05) is 35.9 Å². The smallest absolute Gasteiger partial charge is 0.244 e. The normalized spacial score (nSPS) is 10.9. The number of carbonyl (C=O) groups is 1. The van der Waals surface area contributed by atoms with Gasteiger partial charge in [-0.05, 0) is 48.4 Å². The van der Waals surface area contributed by atoms with Gasteiger partial charge in [0.25, 0.3) is 0 Å². The summed E-state index contributed by atoms with van der Waals surface area (Å²) in [4.78, 5) is 16.4. The van der Waals surface area contributed by atoms with E-state index in [1.165, 1.54) is 6.08 Å². The molecule has 138 valence electrons. The molecular weight excluding hydrogens is 380 g/mol. The quantitative estimate of drug-likeness (QED) is 0.569. The first-order valence-corrected chi connectivity index (χ1v) is 9.68. The number of ether oxygens (including phenoxy) is 1. The molecule has 1 N–H and O–H groups in total. The topological polar surface area (TPSA) is 51.2 Å². The predicted octanol–water partition coefficient (Wildman–Crippen LogP) is 5.01. The first kappa shape index (κ1) is 19.1. The second-order valence-corrected chi connectivity index (χ2v) is 7.40. The summed E-state index contributed by atoms with van der Waals surface area (Å²) >= 11 is 7.54. The van der Waals surface area contributed by atoms with Crippen molar-refractivity contribution in [2.24, 2.45) is 0 Å². The zero-order chi connectivity index (χ0) is 19.1. The molecule has 0 spiro atoms. The number of aromatic nitrogens is 1. The molecule has 0 aliphatic rings. The molecule has 2 aromatic carbocycles. The van der Waals surface area contributed by atoms with Crippen molar-refractivity contribution in [3.8, 4) is 5.75 Å². The summed E-state index contributed by atoms with van der Waals surface area (Å²) in [6.45, 7) is 2.83. The highest BCUT2D eigenvalue weighted by Gasteiger charge is 2.01. The Labute approximate surface area is 167 Å². The summed E-state index contributed by atoms with van der Waals surface area (Å²) in [5, 5.41) is 6.50. The molecule has 1 aromatic heterocycles. The lowest BCUT2D eigenvalue weighted by Crippen LogP contribution is -2.20. The predicted molar refractivity (Wildman–Crippen MR) is 110 cm³/mol. The van der Waals surface area contributed by atoms with E-state index in [0.717, 1.165) is 27.6 Å². The summed E-state index contributed by atoms with van der Waals surface area (Å²) in [7, 11) is 0. The number of nitrogens with zero attached hydrogens (tertiary/aromatic N) is 1. The van der Waals surface area contributed by atoms with Crippen LogP contribution in [0.3, 0.4) is 0 Å². The zero-order valence-corrected chi connectivity index (χ0v) is 16.4. The van der Waals surface area contributed by atoms with Crippen LogP contribution in [0, 0.1) is 6.92 Å². The number of rotatable bonds is 7. The van der Waals surface area contributed by atoms with E-state index < -0.39 is 0 Å². The van der Waals surface area contributed by atoms with Crippen molar-refractivity contribution in [3.05, 3.63) is 86.8 Å². The lowest BCUT2D eigenvalue weighted by atomic mass is 10.2. The summed E-state index contributed by atoms with van der Waals surface area (Å²) in [5.41, 5.74) is 2.76. The summed E-state index contributed by atoms with van der Waals surface area (Å²) in [6.07, 6.45) is 3.26. The Morgan fingerprint density at radius 1 is 1.26 bits per heavy atom. The molecule has 0 aliphatic heterocycles. The van der Waals surface area contributed by atoms with Crippen molar-refractivity contribution >= 4 is 34.9 Å². The third-order valence-electron chi connectivity index (χ3n) is 3.69. The molecule has 27 heavy (non-hydrogen) atoms. The second kappa shape index (κ2) is 9.35. The number of amides is 1. The standard InChI is InChI=1S/C21H19ClN2O2S/c1-15-24-19(14-27-15)13-26-20-7-3-4-16(11-20)8-9-21(25)23-12-17-5-2-6-18(22)10-17/h2-11,14H,12-13H2,1H3,(H,23,25)/b9-8-. The van der Waals surface area contributed by atoms with E-state index in [1.807, 2.05) is 54.8 Å². The SMILES string of the molecule is Cc1nc(COc2cccc(/C=C\C(=O)NCc3cccc(Cl)c3)c2)cs1. The van der Waals surface area contributed by atoms with Gasteiger partial charge in [0, 0.05) is 23.0 Å². The van der Waals surface area contributed by atoms with Gasteiger partial charge in [0.15, 0.2) is 0 Å². The molecule has 0 unspecified atom stereocenters. The van der Waals surface area contributed by atoms with Gasteiger partial charge < -0.3 is 10.1 Å². The number of thiazole rings is 1. The Morgan fingerprint density at radius 2 is 2.11 bits per heavy atom. The highest BCUT2D eigenvalue weighted by atomic mass is 35.5. The molecule has 0 aliphatic carbocycles. The van der Waals surface area contributed by atoms with Crippen molar-refractivity contribution in [2.75, 3.05) is 0 Å². The largest absolute Gasteiger partial charge is 0.487 e. The second-order valence-electron chi connectivity index (χ2n) is 5.90. The molecule has 0 atom stereocenters. The Hall–Kier alpha value is -2.63. The van der Waals surface area contributed by atoms with Crippen LogP contribution in [0.1, 0.15) is 21.8 Å². The van der Waals surface area contributed by atoms with Crippen molar-refractivity contribution < 1.29 is 9.53 Å². The average Bonchev–Trinajstić information content (AvgIpc) is 3.09. The van der Waals surface area contributed by atoms with Gasteiger partial charge in [0.1, 0.15) is 12.4 Å². The van der Waals surface area contributed by atoms with Gasteiger partial charge in [-0.2, -0.15) is 0 Å². The van der Waals surface area contributed by atoms with Crippen LogP contribution in [-0.4, -0.2) is 10.9 Å². The first-order valence-electron chi connectivity index (χ1n) is 8.43. The maximum atomic E-state index is 12.0. The minimum Gasteiger partial charge on any atom is -0.487 e. The fraction of sp³-hybridized carbons (Fsp3) is 0.143. The molecule has 1 heterocycles. The Balaban J connectivity index is 1.52. The van der Waals surface area contributed by atoms with Crippen molar-refractivity contribution in [1.29, 1.82) is 0 Å². The van der Waals surface area contributed by atoms with Crippen LogP contribution in [0.15, 0.2) is 60.0 Å². The number of benzene rings is 2. The minimum atomic E-state index is -0.167. The van der Waals surface area contributed by atoms with Gasteiger partial charge >= 0.3 is 0 Å². The number of halogens is 1. The molecule has 4 nitrogen and oxygen atoms in total. The highest BCUT2D eigenvalue weighted by Crippen LogP contribution is 2.17. The van der Waals surface area contributed by atoms with Crippen LogP contribution < -0.4 is 10.1 Å². The number of hydrogen-bond donors (Lipinski definition) is 1. The molecule has 1 amide bonds. The van der Waals surface area contributed by atoms with Crippen LogP contribution in [0.25, 0.3) is 6.08 Å². The summed E-state index contributed by atoms with van der Waals surface area (Å²) in [6, 6.07) is 15.0. The molecule has 3 rings (SSSR count). The van der Waals surface area contributed by atoms with E-state index in [4.69, 9.17) is 16.3 Å². The summed E-state index contributed by atoms with van der Waals surface area (Å²) < 4.78 is 5.77. The van der Waals surface area contributed by atoms with Crippen LogP contribution in [0.4, 0.5) is 0 Å². The Morgan fingerprint density at radius 3 is 2.89 bits per heavy atom. The van der Waals surface area contributed by atoms with E-state index in [1.54, 1.807) is 23.5 Å². The van der Waals surface area contributed by atoms with Crippen LogP contribution >= 0.6 is 22.9 Å². The lowest BCUT2D eigenvalue weighted by molar-refractivity contribution is -0.116. The number of aryl methyl sites for hydroxylation is 1. The molecule has 3 aromatic rings. The molecule has 0 fully saturated rings. The van der Waals surface area contributed by atoms with Gasteiger partial charge in [0.2, 0.25) is 5.91 Å². The minimum absolute atomic E-state index is 0.167. The maximum Gasteiger partial charge on any atom is 0.244 e. The third kappa shape index (κ3) is 6.24. The third-order valence-corrected chi connectivity index (χ3v) is 4.75. The van der Waals surface area contributed by atoms with Crippen LogP contribution in [-0.2, 0) is 17.9 Å². The van der Waals surface area contributed by atoms with Gasteiger partial charge in [-0.3, -0.25) is 4.79 Å². The molecule has 0 bridgehead atoms. The zero-order valence-electron chi connectivity index (χ0n) is 14.8. The number of carbonyl (C=O) groups excluding carboxylic acids is 1. The Kier molecular flexibility index (Phi) is 6.63. The van der Waals surface area contributed by atoms with Gasteiger partial charge in [-0.15, -0.1) is 11.3 Å². The van der Waals surface area contributed by atoms with E-state index in [0.29, 0.717) is 18.2 Å². The Bertz CT molecular complexity index is 953. The van der Waals surface area contributed by atoms with Crippen molar-refractivity contribution in [2.45, 2.75) is 20.1 Å². The fourth-order valence-electron chi connectivity index (χ4n) is 2.41. The molecule has 0 saturated carbocycles. The summed E-state index contributed by atoms with van der Waals surface area (Å²) in [5.74, 6) is 0.571. The lowest BCUT2D eigenvalue weighted by Gasteiger charge is -2.05. The van der Waals surface area contributed by atoms with E-state index in [2.05, 4.69) is 10.3 Å². The molecule has 6 heteroatoms. The number of hydrogen-bond acceptors (Lipinski definition) is 4. The molecule has 0 saturated heterocycles. The van der Waals surface area contributed by atoms with Crippen LogP contribution in [0.2, 0.25) is 5.02 Å². The molecular formula is C21H19ClN2O2S. The average molecular weight is 399 g/mol.